The van der Waals surface area contributed by atoms with Crippen LogP contribution in [0.15, 0.2) is 45.8 Å². The maximum atomic E-state index is 13.6. The van der Waals surface area contributed by atoms with Gasteiger partial charge in [0, 0.05) is 29.7 Å². The normalized spacial score (nSPS) is 15.5. The Labute approximate surface area is 217 Å². The van der Waals surface area contributed by atoms with Gasteiger partial charge in [-0.3, -0.25) is 4.79 Å². The van der Waals surface area contributed by atoms with E-state index < -0.39 is 10.0 Å². The van der Waals surface area contributed by atoms with Crippen molar-refractivity contribution in [3.05, 3.63) is 75.1 Å². The van der Waals surface area contributed by atoms with E-state index in [9.17, 15) is 13.2 Å². The van der Waals surface area contributed by atoms with Crippen LogP contribution in [0.1, 0.15) is 46.5 Å². The van der Waals surface area contributed by atoms with Gasteiger partial charge >= 0.3 is 0 Å². The number of nitrogens with one attached hydrogen (secondary N) is 1. The second-order valence-electron chi connectivity index (χ2n) is 9.28. The molecule has 0 bridgehead atoms. The molecule has 0 saturated carbocycles. The average Bonchev–Trinajstić information content (AvgIpc) is 3.21. The fourth-order valence-electron chi connectivity index (χ4n) is 4.68. The van der Waals surface area contributed by atoms with E-state index in [1.165, 1.54) is 9.87 Å². The Morgan fingerprint density at radius 2 is 1.67 bits per heavy atom. The third kappa shape index (κ3) is 5.56. The zero-order valence-electron chi connectivity index (χ0n) is 20.8. The van der Waals surface area contributed by atoms with Crippen molar-refractivity contribution < 1.29 is 17.7 Å². The van der Waals surface area contributed by atoms with Gasteiger partial charge in [0.1, 0.15) is 5.69 Å². The Kier molecular flexibility index (Phi) is 7.68. The van der Waals surface area contributed by atoms with Crippen LogP contribution in [0.3, 0.4) is 0 Å². The summed E-state index contributed by atoms with van der Waals surface area (Å²) in [6.07, 6.45) is 4.39. The quantitative estimate of drug-likeness (QED) is 0.439. The third-order valence-corrected chi connectivity index (χ3v) is 8.82. The molecule has 1 fully saturated rings. The van der Waals surface area contributed by atoms with Gasteiger partial charge < -0.3 is 9.84 Å². The smallest absolute Gasteiger partial charge is 0.248 e. The van der Waals surface area contributed by atoms with Gasteiger partial charge in [-0.2, -0.15) is 4.31 Å². The Hall–Kier alpha value is -2.94. The predicted molar refractivity (Wildman–Crippen MR) is 142 cm³/mol. The monoisotopic (exact) mass is 527 g/mol. The van der Waals surface area contributed by atoms with E-state index in [2.05, 4.69) is 22.6 Å². The number of rotatable bonds is 6. The molecule has 9 heteroatoms. The molecule has 0 radical (unpaired) electrons. The second kappa shape index (κ2) is 10.6. The number of amides is 1. The van der Waals surface area contributed by atoms with Crippen LogP contribution in [-0.4, -0.2) is 36.9 Å². The van der Waals surface area contributed by atoms with Crippen molar-refractivity contribution in [2.45, 2.75) is 45.4 Å². The Balaban J connectivity index is 1.48. The first-order valence-electron chi connectivity index (χ1n) is 11.8. The number of piperidine rings is 1. The number of hydrogen-bond acceptors (Lipinski definition) is 5. The predicted octanol–water partition coefficient (Wildman–Crippen LogP) is 5.77. The minimum Gasteiger partial charge on any atom is -0.355 e. The summed E-state index contributed by atoms with van der Waals surface area (Å²) < 4.78 is 33.9. The van der Waals surface area contributed by atoms with Gasteiger partial charge in [-0.1, -0.05) is 40.5 Å². The molecule has 2 heterocycles. The SMILES string of the molecule is Cc1cc(C)c(/C=C/c2onc(C)c2S(=O)(=O)N2CCC(C(=O)Nc3ccc(Cl)cc3)CC2)c(C)c1. The van der Waals surface area contributed by atoms with E-state index in [-0.39, 0.29) is 35.6 Å². The molecular weight excluding hydrogens is 498 g/mol. The highest BCUT2D eigenvalue weighted by Gasteiger charge is 2.36. The summed E-state index contributed by atoms with van der Waals surface area (Å²) in [5.41, 5.74) is 5.37. The summed E-state index contributed by atoms with van der Waals surface area (Å²) >= 11 is 5.90. The average molecular weight is 528 g/mol. The van der Waals surface area contributed by atoms with Gasteiger partial charge in [0.25, 0.3) is 0 Å². The molecule has 7 nitrogen and oxygen atoms in total. The lowest BCUT2D eigenvalue weighted by atomic mass is 9.97. The van der Waals surface area contributed by atoms with Crippen LogP contribution >= 0.6 is 11.6 Å². The van der Waals surface area contributed by atoms with E-state index in [0.29, 0.717) is 29.2 Å². The molecule has 1 saturated heterocycles. The van der Waals surface area contributed by atoms with Gasteiger partial charge in [0.15, 0.2) is 10.7 Å². The maximum Gasteiger partial charge on any atom is 0.248 e. The first-order valence-corrected chi connectivity index (χ1v) is 13.7. The van der Waals surface area contributed by atoms with Crippen molar-refractivity contribution in [1.29, 1.82) is 0 Å². The summed E-state index contributed by atoms with van der Waals surface area (Å²) in [5, 5.41) is 7.41. The zero-order valence-corrected chi connectivity index (χ0v) is 22.4. The molecule has 1 aromatic heterocycles. The highest BCUT2D eigenvalue weighted by Crippen LogP contribution is 2.30. The van der Waals surface area contributed by atoms with E-state index in [0.717, 1.165) is 16.7 Å². The molecule has 1 aliphatic rings. The van der Waals surface area contributed by atoms with Crippen LogP contribution in [0.2, 0.25) is 5.02 Å². The molecule has 1 amide bonds. The van der Waals surface area contributed by atoms with Crippen LogP contribution in [0, 0.1) is 33.6 Å². The second-order valence-corrected chi connectivity index (χ2v) is 11.6. The summed E-state index contributed by atoms with van der Waals surface area (Å²) in [5.74, 6) is -0.194. The third-order valence-electron chi connectivity index (χ3n) is 6.51. The lowest BCUT2D eigenvalue weighted by molar-refractivity contribution is -0.120. The molecule has 0 unspecified atom stereocenters. The minimum atomic E-state index is -3.84. The molecule has 4 rings (SSSR count). The van der Waals surface area contributed by atoms with E-state index in [1.54, 1.807) is 37.3 Å². The number of aryl methyl sites for hydroxylation is 4. The molecule has 1 N–H and O–H groups in total. The Morgan fingerprint density at radius 1 is 1.06 bits per heavy atom. The van der Waals surface area contributed by atoms with Crippen molar-refractivity contribution in [2.75, 3.05) is 18.4 Å². The lowest BCUT2D eigenvalue weighted by Crippen LogP contribution is -2.41. The van der Waals surface area contributed by atoms with Gasteiger partial charge in [0.05, 0.1) is 0 Å². The van der Waals surface area contributed by atoms with Gasteiger partial charge in [-0.05, 0) is 87.6 Å². The molecule has 36 heavy (non-hydrogen) atoms. The van der Waals surface area contributed by atoms with E-state index in [4.69, 9.17) is 16.1 Å². The fraction of sp³-hybridized carbons (Fsp3) is 0.333. The molecule has 190 valence electrons. The summed E-state index contributed by atoms with van der Waals surface area (Å²) in [6.45, 7) is 8.20. The number of halogens is 1. The van der Waals surface area contributed by atoms with Crippen LogP contribution < -0.4 is 5.32 Å². The summed E-state index contributed by atoms with van der Waals surface area (Å²) in [7, 11) is -3.84. The number of benzene rings is 2. The van der Waals surface area contributed by atoms with Crippen molar-refractivity contribution in [2.24, 2.45) is 5.92 Å². The first-order chi connectivity index (χ1) is 17.1. The molecule has 3 aromatic rings. The minimum absolute atomic E-state index is 0.0743. The van der Waals surface area contributed by atoms with Gasteiger partial charge in [-0.15, -0.1) is 0 Å². The lowest BCUT2D eigenvalue weighted by Gasteiger charge is -2.30. The van der Waals surface area contributed by atoms with Crippen molar-refractivity contribution in [3.8, 4) is 0 Å². The largest absolute Gasteiger partial charge is 0.355 e. The molecule has 0 atom stereocenters. The molecule has 2 aromatic carbocycles. The van der Waals surface area contributed by atoms with Crippen molar-refractivity contribution >= 4 is 45.4 Å². The van der Waals surface area contributed by atoms with Crippen LogP contribution in [0.5, 0.6) is 0 Å². The Bertz CT molecular complexity index is 1380. The zero-order chi connectivity index (χ0) is 26.0. The van der Waals surface area contributed by atoms with Gasteiger partial charge in [-0.25, -0.2) is 8.42 Å². The van der Waals surface area contributed by atoms with E-state index >= 15 is 0 Å². The summed E-state index contributed by atoms with van der Waals surface area (Å²) in [6, 6.07) is 11.1. The number of hydrogen-bond donors (Lipinski definition) is 1. The summed E-state index contributed by atoms with van der Waals surface area (Å²) in [4.78, 5) is 12.8. The standard InChI is InChI=1S/C27H30ClN3O4S/c1-17-15-18(2)24(19(3)16-17)9-10-25-26(20(4)30-35-25)36(33,34)31-13-11-21(12-14-31)27(32)29-23-7-5-22(28)6-8-23/h5-10,15-16,21H,11-14H2,1-4H3,(H,29,32)/b10-9+. The number of carbonyl (C=O) groups excluding carboxylic acids is 1. The Morgan fingerprint density at radius 3 is 2.28 bits per heavy atom. The van der Waals surface area contributed by atoms with Crippen LogP contribution in [-0.2, 0) is 14.8 Å². The molecular formula is C27H30ClN3O4S. The molecule has 0 spiro atoms. The topological polar surface area (TPSA) is 92.5 Å². The number of nitrogens with zero attached hydrogens (tertiary/aromatic N) is 2. The van der Waals surface area contributed by atoms with Crippen LogP contribution in [0.25, 0.3) is 12.2 Å². The van der Waals surface area contributed by atoms with Crippen LogP contribution in [0.4, 0.5) is 5.69 Å². The van der Waals surface area contributed by atoms with Crippen molar-refractivity contribution in [3.63, 3.8) is 0 Å². The number of aromatic nitrogens is 1. The number of anilines is 1. The molecule has 1 aliphatic heterocycles. The molecule has 0 aliphatic carbocycles. The van der Waals surface area contributed by atoms with Gasteiger partial charge in [0.2, 0.25) is 15.9 Å². The number of sulfonamides is 1. The highest BCUT2D eigenvalue weighted by molar-refractivity contribution is 7.89. The number of carbonyl (C=O) groups is 1. The van der Waals surface area contributed by atoms with E-state index in [1.807, 2.05) is 26.8 Å². The highest BCUT2D eigenvalue weighted by atomic mass is 35.5. The fourth-order valence-corrected chi connectivity index (χ4v) is 6.52. The first kappa shape index (κ1) is 26.1. The maximum absolute atomic E-state index is 13.6. The van der Waals surface area contributed by atoms with Crippen molar-refractivity contribution in [1.82, 2.24) is 9.46 Å².